The predicted octanol–water partition coefficient (Wildman–Crippen LogP) is 6.38. The highest BCUT2D eigenvalue weighted by atomic mass is 127. The van der Waals surface area contributed by atoms with E-state index in [0.717, 1.165) is 42.4 Å². The fourth-order valence-corrected chi connectivity index (χ4v) is 5.10. The number of amidine groups is 2. The number of benzene rings is 2. The largest absolute Gasteiger partial charge is 0.481 e. The molecule has 2 aromatic rings. The van der Waals surface area contributed by atoms with Crippen molar-refractivity contribution in [1.82, 2.24) is 4.90 Å². The van der Waals surface area contributed by atoms with Gasteiger partial charge < -0.3 is 10.0 Å². The molecule has 1 N–H and O–H groups in total. The van der Waals surface area contributed by atoms with Crippen molar-refractivity contribution in [3.63, 3.8) is 0 Å². The summed E-state index contributed by atoms with van der Waals surface area (Å²) in [5.74, 6) is -0.0782. The van der Waals surface area contributed by atoms with E-state index in [1.807, 2.05) is 42.5 Å². The van der Waals surface area contributed by atoms with Crippen molar-refractivity contribution in [2.75, 3.05) is 5.75 Å². The summed E-state index contributed by atoms with van der Waals surface area (Å²) in [5, 5.41) is 10.7. The van der Waals surface area contributed by atoms with Gasteiger partial charge in [0.1, 0.15) is 5.54 Å². The van der Waals surface area contributed by atoms with Crippen LogP contribution in [0, 0.1) is 0 Å². The summed E-state index contributed by atoms with van der Waals surface area (Å²) in [4.78, 5) is 23.4. The first-order valence-electron chi connectivity index (χ1n) is 10.2. The minimum atomic E-state index is -0.844. The van der Waals surface area contributed by atoms with Crippen LogP contribution in [0.1, 0.15) is 37.7 Å². The molecule has 0 saturated heterocycles. The van der Waals surface area contributed by atoms with Crippen LogP contribution in [-0.4, -0.2) is 38.3 Å². The van der Waals surface area contributed by atoms with Crippen molar-refractivity contribution in [2.45, 2.75) is 44.2 Å². The van der Waals surface area contributed by atoms with E-state index in [-0.39, 0.29) is 35.3 Å². The normalized spacial score (nSPS) is 18.7. The maximum atomic E-state index is 11.3. The molecule has 0 radical (unpaired) electrons. The van der Waals surface area contributed by atoms with Crippen LogP contribution in [0.15, 0.2) is 64.6 Å². The van der Waals surface area contributed by atoms with E-state index in [2.05, 4.69) is 17.0 Å². The Morgan fingerprint density at radius 1 is 1.10 bits per heavy atom. The lowest BCUT2D eigenvalue weighted by atomic mass is 9.79. The molecule has 1 heterocycles. The molecule has 31 heavy (non-hydrogen) atoms. The van der Waals surface area contributed by atoms with Gasteiger partial charge in [-0.05, 0) is 42.7 Å². The highest BCUT2D eigenvalue weighted by Crippen LogP contribution is 2.43. The monoisotopic (exact) mass is 569 g/mol. The number of thioether (sulfide) groups is 1. The van der Waals surface area contributed by atoms with Gasteiger partial charge in [0.15, 0.2) is 11.0 Å². The van der Waals surface area contributed by atoms with E-state index in [4.69, 9.17) is 21.6 Å². The Labute approximate surface area is 209 Å². The maximum absolute atomic E-state index is 11.3. The molecule has 0 aromatic heterocycles. The van der Waals surface area contributed by atoms with Crippen molar-refractivity contribution in [1.29, 1.82) is 0 Å². The Balaban J connectivity index is 0.00000272. The molecular weight excluding hydrogens is 545 g/mol. The number of halogens is 2. The molecule has 0 bridgehead atoms. The van der Waals surface area contributed by atoms with Crippen molar-refractivity contribution >= 4 is 70.0 Å². The Bertz CT molecular complexity index is 961. The SMILES string of the molecule is I.O=C(O)CSC1=NC(=Nc2ccc(Cl)cc2)C2(CCCCC2)N1Cc1ccccc1. The molecule has 1 aliphatic heterocycles. The van der Waals surface area contributed by atoms with Gasteiger partial charge in [0, 0.05) is 11.6 Å². The number of carboxylic acid groups (broad SMARTS) is 1. The van der Waals surface area contributed by atoms with Crippen molar-refractivity contribution < 1.29 is 9.90 Å². The first-order chi connectivity index (χ1) is 14.6. The Morgan fingerprint density at radius 3 is 2.42 bits per heavy atom. The van der Waals surface area contributed by atoms with Crippen LogP contribution in [0.5, 0.6) is 0 Å². The smallest absolute Gasteiger partial charge is 0.313 e. The van der Waals surface area contributed by atoms with Gasteiger partial charge in [0.2, 0.25) is 0 Å². The zero-order chi connectivity index (χ0) is 21.0. The number of carboxylic acids is 1. The molecule has 8 heteroatoms. The average molecular weight is 570 g/mol. The van der Waals surface area contributed by atoms with Gasteiger partial charge in [-0.3, -0.25) is 4.79 Å². The molecule has 4 rings (SSSR count). The zero-order valence-corrected chi connectivity index (χ0v) is 20.9. The summed E-state index contributed by atoms with van der Waals surface area (Å²) in [5.41, 5.74) is 1.69. The van der Waals surface area contributed by atoms with Gasteiger partial charge in [-0.15, -0.1) is 24.0 Å². The van der Waals surface area contributed by atoms with Gasteiger partial charge in [-0.25, -0.2) is 9.98 Å². The maximum Gasteiger partial charge on any atom is 0.313 e. The van der Waals surface area contributed by atoms with Crippen molar-refractivity contribution in [3.8, 4) is 0 Å². The third kappa shape index (κ3) is 5.62. The summed E-state index contributed by atoms with van der Waals surface area (Å²) in [6.45, 7) is 0.686. The molecule has 0 unspecified atom stereocenters. The topological polar surface area (TPSA) is 65.3 Å². The van der Waals surface area contributed by atoms with E-state index in [1.165, 1.54) is 23.7 Å². The Hall–Kier alpha value is -1.58. The second kappa shape index (κ2) is 10.8. The van der Waals surface area contributed by atoms with Crippen LogP contribution in [0.2, 0.25) is 5.02 Å². The quantitative estimate of drug-likeness (QED) is 0.425. The second-order valence-electron chi connectivity index (χ2n) is 7.65. The molecule has 1 aliphatic carbocycles. The van der Waals surface area contributed by atoms with E-state index >= 15 is 0 Å². The van der Waals surface area contributed by atoms with Gasteiger partial charge in [-0.2, -0.15) is 0 Å². The molecule has 1 saturated carbocycles. The van der Waals surface area contributed by atoms with Crippen LogP contribution >= 0.6 is 47.3 Å². The lowest BCUT2D eigenvalue weighted by molar-refractivity contribution is -0.133. The third-order valence-electron chi connectivity index (χ3n) is 5.62. The van der Waals surface area contributed by atoms with E-state index < -0.39 is 5.97 Å². The average Bonchev–Trinajstić information content (AvgIpc) is 3.01. The molecule has 5 nitrogen and oxygen atoms in total. The first-order valence-corrected chi connectivity index (χ1v) is 11.5. The zero-order valence-electron chi connectivity index (χ0n) is 17.0. The van der Waals surface area contributed by atoms with E-state index in [1.54, 1.807) is 0 Å². The number of hydrogen-bond acceptors (Lipinski definition) is 4. The Kier molecular flexibility index (Phi) is 8.41. The summed E-state index contributed by atoms with van der Waals surface area (Å²) < 4.78 is 0. The standard InChI is InChI=1S/C23H24ClN3O2S.HI/c24-18-9-11-19(12-10-18)25-21-23(13-5-2-6-14-23)27(15-17-7-3-1-4-8-17)22(26-21)30-16-20(28)29;/h1,3-4,7-12H,2,5-6,13-16H2,(H,28,29);1H. The summed E-state index contributed by atoms with van der Waals surface area (Å²) >= 11 is 7.31. The van der Waals surface area contributed by atoms with Gasteiger partial charge in [0.25, 0.3) is 0 Å². The summed E-state index contributed by atoms with van der Waals surface area (Å²) in [6, 6.07) is 17.7. The summed E-state index contributed by atoms with van der Waals surface area (Å²) in [7, 11) is 0. The number of carbonyl (C=O) groups is 1. The van der Waals surface area contributed by atoms with Gasteiger partial charge in [0.05, 0.1) is 11.4 Å². The van der Waals surface area contributed by atoms with Crippen LogP contribution in [0.4, 0.5) is 5.69 Å². The number of hydrogen-bond donors (Lipinski definition) is 1. The summed E-state index contributed by atoms with van der Waals surface area (Å²) in [6.07, 6.45) is 5.35. The Morgan fingerprint density at radius 2 is 1.77 bits per heavy atom. The molecule has 2 aliphatic rings. The lowest BCUT2D eigenvalue weighted by Gasteiger charge is -2.42. The highest BCUT2D eigenvalue weighted by molar-refractivity contribution is 14.0. The highest BCUT2D eigenvalue weighted by Gasteiger charge is 2.49. The molecular formula is C23H25ClIN3O2S. The minimum Gasteiger partial charge on any atom is -0.481 e. The number of nitrogens with zero attached hydrogens (tertiary/aromatic N) is 3. The van der Waals surface area contributed by atoms with Crippen LogP contribution in [-0.2, 0) is 11.3 Å². The van der Waals surface area contributed by atoms with Crippen molar-refractivity contribution in [3.05, 3.63) is 65.2 Å². The molecule has 0 atom stereocenters. The molecule has 164 valence electrons. The van der Waals surface area contributed by atoms with Gasteiger partial charge >= 0.3 is 5.97 Å². The van der Waals surface area contributed by atoms with Crippen molar-refractivity contribution in [2.24, 2.45) is 9.98 Å². The van der Waals surface area contributed by atoms with Gasteiger partial charge in [-0.1, -0.05) is 73.0 Å². The lowest BCUT2D eigenvalue weighted by Crippen LogP contribution is -2.52. The van der Waals surface area contributed by atoms with Crippen LogP contribution in [0.25, 0.3) is 0 Å². The fraction of sp³-hybridized carbons (Fsp3) is 0.348. The number of rotatable bonds is 5. The second-order valence-corrected chi connectivity index (χ2v) is 9.03. The number of aliphatic imine (C=N–C) groups is 2. The molecule has 0 amide bonds. The molecule has 1 spiro atoms. The van der Waals surface area contributed by atoms with Crippen LogP contribution < -0.4 is 0 Å². The van der Waals surface area contributed by atoms with E-state index in [9.17, 15) is 9.90 Å². The molecule has 1 fully saturated rings. The number of aliphatic carboxylic acids is 1. The minimum absolute atomic E-state index is 0. The predicted molar refractivity (Wildman–Crippen MR) is 139 cm³/mol. The third-order valence-corrected chi connectivity index (χ3v) is 6.83. The van der Waals surface area contributed by atoms with E-state index in [0.29, 0.717) is 11.6 Å². The molecule has 2 aromatic carbocycles. The van der Waals surface area contributed by atoms with Crippen LogP contribution in [0.3, 0.4) is 0 Å². The fourth-order valence-electron chi connectivity index (χ4n) is 4.18. The first kappa shape index (κ1) is 24.1.